The Morgan fingerprint density at radius 1 is 0.658 bits per heavy atom. The summed E-state index contributed by atoms with van der Waals surface area (Å²) >= 11 is 0. The van der Waals surface area contributed by atoms with Crippen LogP contribution < -0.4 is 5.73 Å². The van der Waals surface area contributed by atoms with Crippen LogP contribution in [0, 0.1) is 0 Å². The predicted octanol–water partition coefficient (Wildman–Crippen LogP) is 7.93. The molecule has 4 aromatic rings. The summed E-state index contributed by atoms with van der Waals surface area (Å²) in [6.07, 6.45) is -13.5. The number of hydrogen-bond donors (Lipinski definition) is 2. The maximum atomic E-state index is 12.9. The largest absolute Gasteiger partial charge is 0.478 e. The highest BCUT2D eigenvalue weighted by molar-refractivity contribution is 6.04. The van der Waals surface area contributed by atoms with Crippen molar-refractivity contribution >= 4 is 22.6 Å². The summed E-state index contributed by atoms with van der Waals surface area (Å²) in [5.74, 6) is -1.48. The zero-order valence-corrected chi connectivity index (χ0v) is 18.7. The third-order valence-electron chi connectivity index (χ3n) is 5.11. The number of aromatic nitrogens is 1. The Labute approximate surface area is 208 Å². The van der Waals surface area contributed by atoms with Crippen LogP contribution in [-0.2, 0) is 18.5 Å². The molecule has 200 valence electrons. The van der Waals surface area contributed by atoms with Crippen LogP contribution in [0.25, 0.3) is 22.2 Å². The van der Waals surface area contributed by atoms with Crippen molar-refractivity contribution in [2.75, 3.05) is 5.73 Å². The molecular formula is C25H15F9N2O2. The normalized spacial score (nSPS) is 12.1. The van der Waals surface area contributed by atoms with E-state index in [0.717, 1.165) is 54.6 Å². The molecule has 13 heteroatoms. The van der Waals surface area contributed by atoms with Crippen molar-refractivity contribution in [3.8, 4) is 11.3 Å². The van der Waals surface area contributed by atoms with Gasteiger partial charge in [0.2, 0.25) is 0 Å². The lowest BCUT2D eigenvalue weighted by Gasteiger charge is -2.11. The number of rotatable bonds is 2. The zero-order valence-electron chi connectivity index (χ0n) is 18.7. The van der Waals surface area contributed by atoms with Crippen molar-refractivity contribution < 1.29 is 49.4 Å². The third-order valence-corrected chi connectivity index (χ3v) is 5.11. The molecule has 0 saturated heterocycles. The Bertz CT molecular complexity index is 1440. The van der Waals surface area contributed by atoms with Gasteiger partial charge in [0.15, 0.2) is 0 Å². The average Bonchev–Trinajstić information content (AvgIpc) is 2.82. The molecule has 0 unspecified atom stereocenters. The number of fused-ring (bicyclic) bond motifs is 1. The van der Waals surface area contributed by atoms with E-state index in [1.807, 2.05) is 0 Å². The highest BCUT2D eigenvalue weighted by Gasteiger charge is 2.32. The van der Waals surface area contributed by atoms with Gasteiger partial charge < -0.3 is 10.8 Å². The second-order valence-corrected chi connectivity index (χ2v) is 7.78. The molecule has 3 N–H and O–H groups in total. The van der Waals surface area contributed by atoms with Gasteiger partial charge in [-0.3, -0.25) is 0 Å². The SMILES string of the molecule is Nc1ccc(C(F)(F)F)cc1.O=C(O)c1cc(-c2ccc(C(F)(F)F)cc2)nc2ccc(C(F)(F)F)cc12. The van der Waals surface area contributed by atoms with Gasteiger partial charge in [0.1, 0.15) is 0 Å². The number of carboxylic acid groups (broad SMARTS) is 1. The zero-order chi connectivity index (χ0) is 28.5. The molecule has 0 amide bonds. The lowest BCUT2D eigenvalue weighted by Crippen LogP contribution is -2.07. The Kier molecular flexibility index (Phi) is 7.61. The number of nitrogen functional groups attached to an aromatic ring is 1. The molecule has 0 atom stereocenters. The van der Waals surface area contributed by atoms with Gasteiger partial charge in [0.25, 0.3) is 0 Å². The minimum Gasteiger partial charge on any atom is -0.478 e. The van der Waals surface area contributed by atoms with Crippen molar-refractivity contribution in [1.29, 1.82) is 0 Å². The van der Waals surface area contributed by atoms with E-state index in [9.17, 15) is 49.4 Å². The predicted molar refractivity (Wildman–Crippen MR) is 120 cm³/mol. The van der Waals surface area contributed by atoms with Crippen LogP contribution in [0.1, 0.15) is 27.0 Å². The van der Waals surface area contributed by atoms with E-state index < -0.39 is 46.8 Å². The molecule has 0 aliphatic carbocycles. The fraction of sp³-hybridized carbons (Fsp3) is 0.120. The lowest BCUT2D eigenvalue weighted by molar-refractivity contribution is -0.138. The van der Waals surface area contributed by atoms with Gasteiger partial charge in [0, 0.05) is 16.6 Å². The fourth-order valence-electron chi connectivity index (χ4n) is 3.23. The Morgan fingerprint density at radius 3 is 1.55 bits per heavy atom. The Hall–Kier alpha value is -4.29. The van der Waals surface area contributed by atoms with Gasteiger partial charge >= 0.3 is 24.5 Å². The first-order chi connectivity index (χ1) is 17.5. The number of hydrogen-bond acceptors (Lipinski definition) is 3. The number of nitrogens with zero attached hydrogens (tertiary/aromatic N) is 1. The van der Waals surface area contributed by atoms with E-state index in [0.29, 0.717) is 11.8 Å². The van der Waals surface area contributed by atoms with E-state index in [4.69, 9.17) is 5.73 Å². The van der Waals surface area contributed by atoms with E-state index in [1.165, 1.54) is 12.1 Å². The number of alkyl halides is 9. The number of aromatic carboxylic acids is 1. The van der Waals surface area contributed by atoms with Crippen molar-refractivity contribution in [2.45, 2.75) is 18.5 Å². The molecule has 0 aliphatic rings. The van der Waals surface area contributed by atoms with Crippen molar-refractivity contribution in [3.63, 3.8) is 0 Å². The number of nitrogens with two attached hydrogens (primary N) is 1. The van der Waals surface area contributed by atoms with Gasteiger partial charge in [-0.05, 0) is 60.7 Å². The van der Waals surface area contributed by atoms with E-state index in [2.05, 4.69) is 4.98 Å². The average molecular weight is 546 g/mol. The van der Waals surface area contributed by atoms with Crippen LogP contribution in [0.3, 0.4) is 0 Å². The molecule has 4 rings (SSSR count). The second kappa shape index (κ2) is 10.2. The van der Waals surface area contributed by atoms with Gasteiger partial charge in [-0.15, -0.1) is 0 Å². The number of pyridine rings is 1. The number of carboxylic acids is 1. The van der Waals surface area contributed by atoms with E-state index >= 15 is 0 Å². The van der Waals surface area contributed by atoms with E-state index in [1.54, 1.807) is 0 Å². The summed E-state index contributed by atoms with van der Waals surface area (Å²) < 4.78 is 112. The number of benzene rings is 3. The number of anilines is 1. The first kappa shape index (κ1) is 28.3. The maximum absolute atomic E-state index is 12.9. The Balaban J connectivity index is 0.000000304. The lowest BCUT2D eigenvalue weighted by atomic mass is 10.0. The first-order valence-corrected chi connectivity index (χ1v) is 10.3. The third kappa shape index (κ3) is 6.72. The molecule has 0 fully saturated rings. The standard InChI is InChI=1S/C18H9F6NO2.C7H6F3N/c19-17(20,21)10-3-1-9(2-4-10)15-8-13(16(26)27)12-7-11(18(22,23)24)5-6-14(12)25-15;8-7(9,10)5-1-3-6(11)4-2-5/h1-8H,(H,26,27);1-4H,11H2. The van der Waals surface area contributed by atoms with Crippen LogP contribution in [0.15, 0.2) is 72.8 Å². The first-order valence-electron chi connectivity index (χ1n) is 10.3. The van der Waals surface area contributed by atoms with Crippen LogP contribution in [-0.4, -0.2) is 16.1 Å². The molecule has 0 bridgehead atoms. The minimum atomic E-state index is -4.66. The summed E-state index contributed by atoms with van der Waals surface area (Å²) in [5.41, 5.74) is 2.74. The monoisotopic (exact) mass is 546 g/mol. The van der Waals surface area contributed by atoms with Crippen LogP contribution in [0.4, 0.5) is 45.2 Å². The molecule has 4 nitrogen and oxygen atoms in total. The summed E-state index contributed by atoms with van der Waals surface area (Å²) in [6, 6.07) is 11.7. The molecular weight excluding hydrogens is 531 g/mol. The number of carbonyl (C=O) groups is 1. The summed E-state index contributed by atoms with van der Waals surface area (Å²) in [4.78, 5) is 15.6. The summed E-state index contributed by atoms with van der Waals surface area (Å²) in [7, 11) is 0. The van der Waals surface area contributed by atoms with Gasteiger partial charge in [-0.2, -0.15) is 39.5 Å². The number of halogens is 9. The van der Waals surface area contributed by atoms with Gasteiger partial charge in [0.05, 0.1) is 33.5 Å². The van der Waals surface area contributed by atoms with Gasteiger partial charge in [-0.1, -0.05) is 12.1 Å². The molecule has 0 radical (unpaired) electrons. The van der Waals surface area contributed by atoms with E-state index in [-0.39, 0.29) is 22.2 Å². The topological polar surface area (TPSA) is 76.2 Å². The maximum Gasteiger partial charge on any atom is 0.416 e. The smallest absolute Gasteiger partial charge is 0.416 e. The molecule has 0 spiro atoms. The van der Waals surface area contributed by atoms with Crippen LogP contribution >= 0.6 is 0 Å². The van der Waals surface area contributed by atoms with Gasteiger partial charge in [-0.25, -0.2) is 9.78 Å². The fourth-order valence-corrected chi connectivity index (χ4v) is 3.23. The quantitative estimate of drug-likeness (QED) is 0.198. The molecule has 0 aliphatic heterocycles. The molecule has 38 heavy (non-hydrogen) atoms. The molecule has 1 aromatic heterocycles. The van der Waals surface area contributed by atoms with Crippen molar-refractivity contribution in [3.05, 3.63) is 95.1 Å². The summed E-state index contributed by atoms with van der Waals surface area (Å²) in [6.45, 7) is 0. The highest BCUT2D eigenvalue weighted by atomic mass is 19.4. The molecule has 3 aromatic carbocycles. The second-order valence-electron chi connectivity index (χ2n) is 7.78. The molecule has 1 heterocycles. The Morgan fingerprint density at radius 2 is 1.11 bits per heavy atom. The summed E-state index contributed by atoms with van der Waals surface area (Å²) in [5, 5.41) is 9.13. The minimum absolute atomic E-state index is 0.0159. The highest BCUT2D eigenvalue weighted by Crippen LogP contribution is 2.35. The molecule has 0 saturated carbocycles. The van der Waals surface area contributed by atoms with Crippen molar-refractivity contribution in [2.24, 2.45) is 0 Å². The van der Waals surface area contributed by atoms with Crippen LogP contribution in [0.2, 0.25) is 0 Å². The van der Waals surface area contributed by atoms with Crippen LogP contribution in [0.5, 0.6) is 0 Å². The van der Waals surface area contributed by atoms with Crippen molar-refractivity contribution in [1.82, 2.24) is 4.98 Å².